The molecule has 352 valence electrons. The minimum Gasteiger partial charge on any atom is -0.480 e. The van der Waals surface area contributed by atoms with E-state index in [2.05, 4.69) is 154 Å². The van der Waals surface area contributed by atoms with Crippen LogP contribution in [0.3, 0.4) is 0 Å². The van der Waals surface area contributed by atoms with Gasteiger partial charge < -0.3 is 25.2 Å². The van der Waals surface area contributed by atoms with Gasteiger partial charge in [0.25, 0.3) is 0 Å². The summed E-state index contributed by atoms with van der Waals surface area (Å²) in [6, 6.07) is -1.50. The molecule has 4 N–H and O–H groups in total. The average Bonchev–Trinajstić information content (AvgIpc) is 3.26. The van der Waals surface area contributed by atoms with Crippen LogP contribution in [0.4, 0.5) is 0 Å². The van der Waals surface area contributed by atoms with E-state index in [1.807, 2.05) is 6.08 Å². The number of hydrogen-bond donors (Lipinski definition) is 3. The molecule has 63 heavy (non-hydrogen) atoms. The molecule has 10 nitrogen and oxygen atoms in total. The summed E-state index contributed by atoms with van der Waals surface area (Å²) in [5, 5.41) is 8.91. The Balaban J connectivity index is 4.43. The molecule has 0 aliphatic heterocycles. The van der Waals surface area contributed by atoms with Crippen LogP contribution in [0.15, 0.2) is 146 Å². The summed E-state index contributed by atoms with van der Waals surface area (Å²) in [5.41, 5.74) is 5.35. The van der Waals surface area contributed by atoms with Crippen LogP contribution in [-0.4, -0.2) is 60.5 Å². The van der Waals surface area contributed by atoms with Gasteiger partial charge in [0, 0.05) is 13.0 Å². The van der Waals surface area contributed by atoms with Crippen molar-refractivity contribution in [2.24, 2.45) is 5.73 Å². The molecule has 0 amide bonds. The molecule has 0 spiro atoms. The quantitative estimate of drug-likeness (QED) is 0.0234. The molecule has 0 saturated carbocycles. The Morgan fingerprint density at radius 2 is 0.857 bits per heavy atom. The summed E-state index contributed by atoms with van der Waals surface area (Å²) in [5.74, 6) is -1.88. The molecular weight excluding hydrogens is 814 g/mol. The highest BCUT2D eigenvalue weighted by Crippen LogP contribution is 2.43. The number of esters is 1. The maximum atomic E-state index is 12.6. The number of carboxylic acid groups (broad SMARTS) is 1. The molecule has 0 aliphatic rings. The van der Waals surface area contributed by atoms with Gasteiger partial charge in [0.05, 0.1) is 19.8 Å². The molecule has 11 heteroatoms. The number of phosphoric ester groups is 1. The number of unbranched alkanes of at least 4 members (excludes halogenated alkanes) is 3. The highest BCUT2D eigenvalue weighted by molar-refractivity contribution is 7.47. The van der Waals surface area contributed by atoms with Crippen LogP contribution in [0.5, 0.6) is 0 Å². The normalized spacial score (nSPS) is 15.1. The van der Waals surface area contributed by atoms with Crippen molar-refractivity contribution in [1.29, 1.82) is 0 Å². The minimum absolute atomic E-state index is 0.0479. The van der Waals surface area contributed by atoms with Crippen LogP contribution < -0.4 is 5.73 Å². The highest BCUT2D eigenvalue weighted by atomic mass is 31.2. The topological polar surface area (TPSA) is 155 Å². The Hall–Kier alpha value is -4.15. The van der Waals surface area contributed by atoms with Crippen molar-refractivity contribution in [2.75, 3.05) is 26.4 Å². The molecule has 0 aromatic heterocycles. The number of carboxylic acids is 1. The monoisotopic (exact) mass is 894 g/mol. The Bertz CT molecular complexity index is 1550. The van der Waals surface area contributed by atoms with Crippen molar-refractivity contribution < 1.29 is 42.7 Å². The van der Waals surface area contributed by atoms with Crippen molar-refractivity contribution in [1.82, 2.24) is 0 Å². The fourth-order valence-electron chi connectivity index (χ4n) is 5.15. The first-order chi connectivity index (χ1) is 30.7. The number of rotatable bonds is 41. The number of carbonyl (C=O) groups is 2. The van der Waals surface area contributed by atoms with E-state index in [4.69, 9.17) is 29.4 Å². The molecule has 0 aliphatic carbocycles. The van der Waals surface area contributed by atoms with Gasteiger partial charge >= 0.3 is 19.8 Å². The third-order valence-electron chi connectivity index (χ3n) is 8.61. The van der Waals surface area contributed by atoms with Crippen molar-refractivity contribution in [2.45, 2.75) is 142 Å². The maximum absolute atomic E-state index is 12.6. The van der Waals surface area contributed by atoms with E-state index in [0.717, 1.165) is 96.3 Å². The maximum Gasteiger partial charge on any atom is 0.472 e. The van der Waals surface area contributed by atoms with E-state index >= 15 is 0 Å². The first-order valence-corrected chi connectivity index (χ1v) is 24.4. The van der Waals surface area contributed by atoms with E-state index < -0.39 is 45.1 Å². The van der Waals surface area contributed by atoms with Crippen molar-refractivity contribution in [3.63, 3.8) is 0 Å². The van der Waals surface area contributed by atoms with Crippen molar-refractivity contribution in [3.05, 3.63) is 146 Å². The fourth-order valence-corrected chi connectivity index (χ4v) is 5.92. The molecule has 0 fully saturated rings. The summed E-state index contributed by atoms with van der Waals surface area (Å²) in [7, 11) is -4.66. The summed E-state index contributed by atoms with van der Waals surface area (Å²) >= 11 is 0. The fraction of sp³-hybridized carbons (Fsp3) is 0.500. The first-order valence-electron chi connectivity index (χ1n) is 22.9. The molecule has 3 unspecified atom stereocenters. The van der Waals surface area contributed by atoms with Gasteiger partial charge in [-0.1, -0.05) is 160 Å². The van der Waals surface area contributed by atoms with Crippen LogP contribution in [0.25, 0.3) is 0 Å². The van der Waals surface area contributed by atoms with Gasteiger partial charge in [-0.15, -0.1) is 0 Å². The third-order valence-corrected chi connectivity index (χ3v) is 9.56. The van der Waals surface area contributed by atoms with Crippen LogP contribution in [-0.2, 0) is 32.7 Å². The molecule has 0 heterocycles. The van der Waals surface area contributed by atoms with Crippen LogP contribution in [0, 0.1) is 0 Å². The molecule has 0 saturated heterocycles. The Morgan fingerprint density at radius 1 is 0.508 bits per heavy atom. The van der Waals surface area contributed by atoms with E-state index in [9.17, 15) is 19.0 Å². The highest BCUT2D eigenvalue weighted by Gasteiger charge is 2.27. The van der Waals surface area contributed by atoms with Crippen molar-refractivity contribution in [3.8, 4) is 0 Å². The lowest BCUT2D eigenvalue weighted by molar-refractivity contribution is -0.154. The van der Waals surface area contributed by atoms with Crippen LogP contribution in [0.1, 0.15) is 129 Å². The Labute approximate surface area is 380 Å². The van der Waals surface area contributed by atoms with E-state index in [0.29, 0.717) is 19.4 Å². The van der Waals surface area contributed by atoms with Gasteiger partial charge in [0.2, 0.25) is 0 Å². The second-order valence-corrected chi connectivity index (χ2v) is 15.9. The largest absolute Gasteiger partial charge is 0.480 e. The van der Waals surface area contributed by atoms with Gasteiger partial charge in [-0.25, -0.2) is 4.57 Å². The third kappa shape index (κ3) is 45.7. The number of carbonyl (C=O) groups excluding carboxylic acids is 1. The molecule has 0 rings (SSSR count). The van der Waals surface area contributed by atoms with Gasteiger partial charge in [0.1, 0.15) is 12.1 Å². The zero-order chi connectivity index (χ0) is 46.2. The van der Waals surface area contributed by atoms with Gasteiger partial charge in [-0.2, -0.15) is 0 Å². The minimum atomic E-state index is -4.66. The summed E-state index contributed by atoms with van der Waals surface area (Å²) in [6.45, 7) is 3.42. The van der Waals surface area contributed by atoms with Crippen molar-refractivity contribution >= 4 is 19.8 Å². The predicted molar refractivity (Wildman–Crippen MR) is 262 cm³/mol. The van der Waals surface area contributed by atoms with Crippen LogP contribution >= 0.6 is 7.82 Å². The van der Waals surface area contributed by atoms with E-state index in [-0.39, 0.29) is 13.0 Å². The second kappa shape index (κ2) is 45.9. The number of aliphatic carboxylic acids is 1. The predicted octanol–water partition coefficient (Wildman–Crippen LogP) is 13.2. The second-order valence-electron chi connectivity index (χ2n) is 14.4. The lowest BCUT2D eigenvalue weighted by atomic mass is 10.2. The zero-order valence-electron chi connectivity index (χ0n) is 38.3. The molecule has 0 aromatic carbocycles. The van der Waals surface area contributed by atoms with E-state index in [1.165, 1.54) is 0 Å². The molecule has 0 aromatic rings. The smallest absolute Gasteiger partial charge is 0.472 e. The molecule has 0 radical (unpaired) electrons. The van der Waals surface area contributed by atoms with Gasteiger partial charge in [-0.05, 0) is 109 Å². The Morgan fingerprint density at radius 3 is 1.24 bits per heavy atom. The number of allylic oxidation sites excluding steroid dienone is 24. The molecular formula is C52H80NO9P. The van der Waals surface area contributed by atoms with Gasteiger partial charge in [0.15, 0.2) is 0 Å². The Kier molecular flexibility index (Phi) is 42.8. The lowest BCUT2D eigenvalue weighted by Gasteiger charge is -2.20. The number of phosphoric acid groups is 1. The van der Waals surface area contributed by atoms with E-state index in [1.54, 1.807) is 0 Å². The standard InChI is InChI=1S/C52H80NO9P/c1-3-5-7-9-11-13-15-17-19-21-22-23-24-25-26-27-29-31-33-35-37-39-41-43-45-59-46-49(47-60-63(57,58)61-48-50(53)52(55)56)62-51(54)44-42-40-38-36-34-32-30-28-20-18-16-14-12-10-8-6-4-2/h5-8,11-14,17-20,22-23,25-26,29-32,35-38,49-50H,3-4,9-10,15-16,21,24,27-28,33-34,39-48,53H2,1-2H3,(H,55,56)(H,57,58)/b7-5-,8-6-,13-11-,14-12-,19-17-,20-18-,23-22-,26-25-,31-29-,32-30-,37-35-,38-36-. The number of hydrogen-bond acceptors (Lipinski definition) is 8. The summed E-state index contributed by atoms with van der Waals surface area (Å²) < 4.78 is 33.3. The summed E-state index contributed by atoms with van der Waals surface area (Å²) in [6.07, 6.45) is 66.3. The number of ether oxygens (including phenoxy) is 2. The lowest BCUT2D eigenvalue weighted by Crippen LogP contribution is -2.34. The first kappa shape index (κ1) is 58.9. The van der Waals surface area contributed by atoms with Gasteiger partial charge in [-0.3, -0.25) is 18.6 Å². The zero-order valence-corrected chi connectivity index (χ0v) is 39.2. The average molecular weight is 894 g/mol. The molecule has 0 bridgehead atoms. The summed E-state index contributed by atoms with van der Waals surface area (Å²) in [4.78, 5) is 33.6. The van der Waals surface area contributed by atoms with Crippen LogP contribution in [0.2, 0.25) is 0 Å². The SMILES string of the molecule is CC/C=C\C/C=C\C/C=C\C/C=C\C/C=C\C/C=C\C/C=C\CCCCOCC(COP(=O)(O)OCC(N)C(=O)O)OC(=O)CCC/C=C\C/C=C\C/C=C\C/C=C\C/C=C\CC. The molecule has 3 atom stereocenters. The number of nitrogens with two attached hydrogens (primary N) is 1.